The number of hydrogen-bond acceptors (Lipinski definition) is 5. The third kappa shape index (κ3) is 5.17. The van der Waals surface area contributed by atoms with Gasteiger partial charge in [-0.05, 0) is 55.3 Å². The molecule has 4 rings (SSSR count). The van der Waals surface area contributed by atoms with Crippen molar-refractivity contribution in [3.8, 4) is 5.75 Å². The Bertz CT molecular complexity index is 871. The number of ether oxygens (including phenoxy) is 3. The van der Waals surface area contributed by atoms with Crippen LogP contribution in [0.25, 0.3) is 0 Å². The Labute approximate surface area is 175 Å². The SMILES string of the molecule is O=C(Nc1cccc(C(=O)N2CCOCC2)c1)c1ccc(OC[C@@H]2CCCO2)cc1. The van der Waals surface area contributed by atoms with Crippen LogP contribution in [0.2, 0.25) is 0 Å². The number of carbonyl (C=O) groups is 2. The summed E-state index contributed by atoms with van der Waals surface area (Å²) in [7, 11) is 0. The maximum atomic E-state index is 12.6. The summed E-state index contributed by atoms with van der Waals surface area (Å²) >= 11 is 0. The minimum atomic E-state index is -0.239. The van der Waals surface area contributed by atoms with Crippen LogP contribution in [0.1, 0.15) is 33.6 Å². The molecule has 0 aromatic heterocycles. The number of morpholine rings is 1. The molecule has 0 bridgehead atoms. The van der Waals surface area contributed by atoms with Crippen molar-refractivity contribution in [2.45, 2.75) is 18.9 Å². The lowest BCUT2D eigenvalue weighted by atomic mass is 10.1. The van der Waals surface area contributed by atoms with Gasteiger partial charge in [0.1, 0.15) is 12.4 Å². The molecule has 2 fully saturated rings. The van der Waals surface area contributed by atoms with Crippen molar-refractivity contribution in [1.82, 2.24) is 4.90 Å². The van der Waals surface area contributed by atoms with Gasteiger partial charge in [-0.1, -0.05) is 6.07 Å². The van der Waals surface area contributed by atoms with Crippen molar-refractivity contribution in [1.29, 1.82) is 0 Å². The van der Waals surface area contributed by atoms with Crippen LogP contribution in [0, 0.1) is 0 Å². The molecule has 0 aliphatic carbocycles. The number of rotatable bonds is 6. The number of nitrogens with one attached hydrogen (secondary N) is 1. The molecule has 2 amide bonds. The molecule has 2 saturated heterocycles. The standard InChI is InChI=1S/C23H26N2O5/c26-22(17-6-8-20(9-7-17)30-16-21-5-2-12-29-21)24-19-4-1-3-18(15-19)23(27)25-10-13-28-14-11-25/h1,3-4,6-9,15,21H,2,5,10-14,16H2,(H,24,26)/t21-/m0/s1. The molecule has 2 aliphatic rings. The molecule has 0 saturated carbocycles. The Kier molecular flexibility index (Phi) is 6.61. The summed E-state index contributed by atoms with van der Waals surface area (Å²) in [6.45, 7) is 3.58. The largest absolute Gasteiger partial charge is 0.491 e. The van der Waals surface area contributed by atoms with Crippen LogP contribution < -0.4 is 10.1 Å². The van der Waals surface area contributed by atoms with Gasteiger partial charge in [-0.3, -0.25) is 9.59 Å². The summed E-state index contributed by atoms with van der Waals surface area (Å²) in [6.07, 6.45) is 2.25. The van der Waals surface area contributed by atoms with Gasteiger partial charge in [-0.25, -0.2) is 0 Å². The van der Waals surface area contributed by atoms with E-state index in [1.165, 1.54) is 0 Å². The maximum Gasteiger partial charge on any atom is 0.255 e. The van der Waals surface area contributed by atoms with Gasteiger partial charge in [0, 0.05) is 36.5 Å². The van der Waals surface area contributed by atoms with Crippen molar-refractivity contribution in [3.63, 3.8) is 0 Å². The fraction of sp³-hybridized carbons (Fsp3) is 0.391. The minimum absolute atomic E-state index is 0.0536. The Morgan fingerprint density at radius 2 is 1.83 bits per heavy atom. The number of carbonyl (C=O) groups excluding carboxylic acids is 2. The van der Waals surface area contributed by atoms with Crippen molar-refractivity contribution < 1.29 is 23.8 Å². The van der Waals surface area contributed by atoms with Crippen molar-refractivity contribution >= 4 is 17.5 Å². The predicted octanol–water partition coefficient (Wildman–Crippen LogP) is 2.97. The van der Waals surface area contributed by atoms with Gasteiger partial charge in [0.25, 0.3) is 11.8 Å². The summed E-state index contributed by atoms with van der Waals surface area (Å²) < 4.78 is 16.6. The monoisotopic (exact) mass is 410 g/mol. The molecule has 1 N–H and O–H groups in total. The highest BCUT2D eigenvalue weighted by atomic mass is 16.5. The molecular formula is C23H26N2O5. The van der Waals surface area contributed by atoms with E-state index >= 15 is 0 Å². The van der Waals surface area contributed by atoms with E-state index in [9.17, 15) is 9.59 Å². The molecule has 2 aromatic rings. The van der Waals surface area contributed by atoms with Gasteiger partial charge in [-0.15, -0.1) is 0 Å². The van der Waals surface area contributed by atoms with Crippen LogP contribution in [0.3, 0.4) is 0 Å². The molecule has 1 atom stereocenters. The van der Waals surface area contributed by atoms with Crippen LogP contribution in [-0.4, -0.2) is 62.3 Å². The first-order valence-electron chi connectivity index (χ1n) is 10.3. The van der Waals surface area contributed by atoms with E-state index in [1.807, 2.05) is 0 Å². The summed E-state index contributed by atoms with van der Waals surface area (Å²) in [5, 5.41) is 2.86. The van der Waals surface area contributed by atoms with Crippen LogP contribution >= 0.6 is 0 Å². The Morgan fingerprint density at radius 1 is 1.03 bits per heavy atom. The second kappa shape index (κ2) is 9.73. The number of benzene rings is 2. The lowest BCUT2D eigenvalue weighted by Crippen LogP contribution is -2.40. The second-order valence-electron chi connectivity index (χ2n) is 7.41. The van der Waals surface area contributed by atoms with Crippen LogP contribution in [-0.2, 0) is 9.47 Å². The molecule has 0 unspecified atom stereocenters. The van der Waals surface area contributed by atoms with Gasteiger partial charge < -0.3 is 24.4 Å². The summed E-state index contributed by atoms with van der Waals surface area (Å²) in [5.74, 6) is 0.416. The van der Waals surface area contributed by atoms with E-state index in [2.05, 4.69) is 5.32 Å². The zero-order valence-corrected chi connectivity index (χ0v) is 16.8. The van der Waals surface area contributed by atoms with E-state index < -0.39 is 0 Å². The molecule has 158 valence electrons. The first-order valence-corrected chi connectivity index (χ1v) is 10.3. The van der Waals surface area contributed by atoms with Gasteiger partial charge >= 0.3 is 0 Å². The first kappa shape index (κ1) is 20.4. The third-order valence-corrected chi connectivity index (χ3v) is 5.24. The molecule has 7 heteroatoms. The molecule has 2 aromatic carbocycles. The lowest BCUT2D eigenvalue weighted by Gasteiger charge is -2.27. The average Bonchev–Trinajstić information content (AvgIpc) is 3.32. The minimum Gasteiger partial charge on any atom is -0.491 e. The lowest BCUT2D eigenvalue weighted by molar-refractivity contribution is 0.0303. The number of amides is 2. The van der Waals surface area contributed by atoms with Crippen molar-refractivity contribution in [3.05, 3.63) is 59.7 Å². The highest BCUT2D eigenvalue weighted by molar-refractivity contribution is 6.05. The van der Waals surface area contributed by atoms with Crippen molar-refractivity contribution in [2.75, 3.05) is 44.8 Å². The Balaban J connectivity index is 1.34. The quantitative estimate of drug-likeness (QED) is 0.792. The number of nitrogens with zero attached hydrogens (tertiary/aromatic N) is 1. The van der Waals surface area contributed by atoms with E-state index in [1.54, 1.807) is 53.4 Å². The third-order valence-electron chi connectivity index (χ3n) is 5.24. The Morgan fingerprint density at radius 3 is 2.57 bits per heavy atom. The highest BCUT2D eigenvalue weighted by Crippen LogP contribution is 2.18. The van der Waals surface area contributed by atoms with E-state index in [-0.39, 0.29) is 17.9 Å². The smallest absolute Gasteiger partial charge is 0.255 e. The summed E-state index contributed by atoms with van der Waals surface area (Å²) in [6, 6.07) is 14.0. The van der Waals surface area contributed by atoms with E-state index in [0.717, 1.165) is 19.4 Å². The molecule has 2 aliphatic heterocycles. The fourth-order valence-electron chi connectivity index (χ4n) is 3.55. The molecule has 0 radical (unpaired) electrons. The summed E-state index contributed by atoms with van der Waals surface area (Å²) in [5.41, 5.74) is 1.65. The van der Waals surface area contributed by atoms with Crippen molar-refractivity contribution in [2.24, 2.45) is 0 Å². The molecule has 30 heavy (non-hydrogen) atoms. The van der Waals surface area contributed by atoms with Gasteiger partial charge in [-0.2, -0.15) is 0 Å². The second-order valence-corrected chi connectivity index (χ2v) is 7.41. The van der Waals surface area contributed by atoms with E-state index in [4.69, 9.17) is 14.2 Å². The maximum absolute atomic E-state index is 12.6. The topological polar surface area (TPSA) is 77.1 Å². The zero-order valence-electron chi connectivity index (χ0n) is 16.8. The fourth-order valence-corrected chi connectivity index (χ4v) is 3.55. The Hall–Kier alpha value is -2.90. The predicted molar refractivity (Wildman–Crippen MR) is 112 cm³/mol. The van der Waals surface area contributed by atoms with E-state index in [0.29, 0.717) is 55.5 Å². The normalized spacial score (nSPS) is 18.8. The van der Waals surface area contributed by atoms with Gasteiger partial charge in [0.05, 0.1) is 19.3 Å². The average molecular weight is 410 g/mol. The van der Waals surface area contributed by atoms with Crippen LogP contribution in [0.5, 0.6) is 5.75 Å². The first-order chi connectivity index (χ1) is 14.7. The highest BCUT2D eigenvalue weighted by Gasteiger charge is 2.19. The summed E-state index contributed by atoms with van der Waals surface area (Å²) in [4.78, 5) is 27.0. The van der Waals surface area contributed by atoms with Gasteiger partial charge in [0.15, 0.2) is 0 Å². The zero-order chi connectivity index (χ0) is 20.8. The molecule has 0 spiro atoms. The number of anilines is 1. The molecular weight excluding hydrogens is 384 g/mol. The van der Waals surface area contributed by atoms with Crippen LogP contribution in [0.15, 0.2) is 48.5 Å². The molecule has 7 nitrogen and oxygen atoms in total. The van der Waals surface area contributed by atoms with Gasteiger partial charge in [0.2, 0.25) is 0 Å². The van der Waals surface area contributed by atoms with Crippen LogP contribution in [0.4, 0.5) is 5.69 Å². The number of hydrogen-bond donors (Lipinski definition) is 1. The molecule has 2 heterocycles.